The molecule has 0 aromatic heterocycles. The van der Waals surface area contributed by atoms with Gasteiger partial charge < -0.3 is 20.3 Å². The molecule has 0 aliphatic rings. The molecule has 1 atom stereocenters. The summed E-state index contributed by atoms with van der Waals surface area (Å²) >= 11 is 6.09. The molecule has 0 saturated heterocycles. The van der Waals surface area contributed by atoms with Crippen LogP contribution in [0.1, 0.15) is 24.2 Å². The number of nitrogens with two attached hydrogens (primary N) is 1. The number of methoxy groups -OCH3 is 2. The topological polar surface area (TPSA) is 64.7 Å². The first-order chi connectivity index (χ1) is 8.10. The van der Waals surface area contributed by atoms with E-state index >= 15 is 0 Å². The Kier molecular flexibility index (Phi) is 5.05. The maximum atomic E-state index is 9.87. The minimum Gasteiger partial charge on any atom is -0.493 e. The van der Waals surface area contributed by atoms with E-state index in [2.05, 4.69) is 0 Å². The summed E-state index contributed by atoms with van der Waals surface area (Å²) in [6.45, 7) is 2.11. The van der Waals surface area contributed by atoms with Crippen molar-refractivity contribution in [1.82, 2.24) is 0 Å². The minimum absolute atomic E-state index is 0.138. The van der Waals surface area contributed by atoms with Crippen LogP contribution in [0.15, 0.2) is 6.07 Å². The first-order valence-electron chi connectivity index (χ1n) is 5.42. The molecule has 0 aliphatic carbocycles. The smallest absolute Gasteiger partial charge is 0.179 e. The van der Waals surface area contributed by atoms with E-state index in [1.54, 1.807) is 13.2 Å². The van der Waals surface area contributed by atoms with E-state index in [-0.39, 0.29) is 6.54 Å². The Labute approximate surface area is 106 Å². The summed E-state index contributed by atoms with van der Waals surface area (Å²) in [6, 6.07) is 1.68. The first kappa shape index (κ1) is 14.1. The SMILES string of the molecule is CCc1c(C(O)CN)cc(Cl)c(OC)c1OC. The fourth-order valence-corrected chi connectivity index (χ4v) is 2.14. The Morgan fingerprint density at radius 3 is 2.35 bits per heavy atom. The van der Waals surface area contributed by atoms with Crippen LogP contribution < -0.4 is 15.2 Å². The zero-order valence-corrected chi connectivity index (χ0v) is 11.0. The van der Waals surface area contributed by atoms with Gasteiger partial charge in [-0.3, -0.25) is 0 Å². The highest BCUT2D eigenvalue weighted by atomic mass is 35.5. The van der Waals surface area contributed by atoms with Gasteiger partial charge in [0.2, 0.25) is 0 Å². The molecule has 0 amide bonds. The normalized spacial score (nSPS) is 12.4. The van der Waals surface area contributed by atoms with Crippen molar-refractivity contribution in [2.24, 2.45) is 5.73 Å². The van der Waals surface area contributed by atoms with Gasteiger partial charge in [-0.1, -0.05) is 18.5 Å². The molecule has 5 heteroatoms. The summed E-state index contributed by atoms with van der Waals surface area (Å²) in [6.07, 6.45) is -0.0504. The molecule has 0 fully saturated rings. The van der Waals surface area contributed by atoms with E-state index in [0.717, 1.165) is 5.56 Å². The van der Waals surface area contributed by atoms with E-state index in [9.17, 15) is 5.11 Å². The van der Waals surface area contributed by atoms with Crippen molar-refractivity contribution >= 4 is 11.6 Å². The van der Waals surface area contributed by atoms with Gasteiger partial charge in [0.1, 0.15) is 0 Å². The van der Waals surface area contributed by atoms with Crippen molar-refractivity contribution < 1.29 is 14.6 Å². The number of aliphatic hydroxyl groups is 1. The van der Waals surface area contributed by atoms with Gasteiger partial charge in [-0.2, -0.15) is 0 Å². The van der Waals surface area contributed by atoms with Gasteiger partial charge in [0.15, 0.2) is 11.5 Å². The predicted octanol–water partition coefficient (Wildman–Crippen LogP) is 1.91. The molecule has 0 heterocycles. The van der Waals surface area contributed by atoms with Crippen LogP contribution in [0.5, 0.6) is 11.5 Å². The fourth-order valence-electron chi connectivity index (χ4n) is 1.86. The summed E-state index contributed by atoms with van der Waals surface area (Å²) in [7, 11) is 3.08. The van der Waals surface area contributed by atoms with Crippen LogP contribution in [0.4, 0.5) is 0 Å². The third-order valence-electron chi connectivity index (χ3n) is 2.67. The Morgan fingerprint density at radius 1 is 1.35 bits per heavy atom. The minimum atomic E-state index is -0.748. The number of hydrogen-bond acceptors (Lipinski definition) is 4. The zero-order chi connectivity index (χ0) is 13.0. The lowest BCUT2D eigenvalue weighted by molar-refractivity contribution is 0.185. The molecule has 96 valence electrons. The number of rotatable bonds is 5. The maximum Gasteiger partial charge on any atom is 0.179 e. The molecular weight excluding hydrogens is 242 g/mol. The highest BCUT2D eigenvalue weighted by Gasteiger charge is 2.21. The largest absolute Gasteiger partial charge is 0.493 e. The Hall–Kier alpha value is -0.970. The lowest BCUT2D eigenvalue weighted by Crippen LogP contribution is -2.14. The first-order valence-corrected chi connectivity index (χ1v) is 5.79. The number of hydrogen-bond donors (Lipinski definition) is 2. The van der Waals surface area contributed by atoms with Crippen molar-refractivity contribution in [2.75, 3.05) is 20.8 Å². The van der Waals surface area contributed by atoms with Crippen LogP contribution in [0.25, 0.3) is 0 Å². The zero-order valence-electron chi connectivity index (χ0n) is 10.3. The number of ether oxygens (including phenoxy) is 2. The number of benzene rings is 1. The summed E-state index contributed by atoms with van der Waals surface area (Å²) in [5.41, 5.74) is 7.03. The molecule has 0 saturated carbocycles. The van der Waals surface area contributed by atoms with E-state index in [1.807, 2.05) is 6.92 Å². The standard InChI is InChI=1S/C12H18ClNO3/c1-4-7-8(10(15)6-14)5-9(13)12(17-3)11(7)16-2/h5,10,15H,4,6,14H2,1-3H3. The second-order valence-electron chi connectivity index (χ2n) is 3.60. The molecule has 1 unspecified atom stereocenters. The second-order valence-corrected chi connectivity index (χ2v) is 4.00. The van der Waals surface area contributed by atoms with Gasteiger partial charge in [0.25, 0.3) is 0 Å². The molecule has 4 nitrogen and oxygen atoms in total. The van der Waals surface area contributed by atoms with Crippen molar-refractivity contribution in [3.63, 3.8) is 0 Å². The van der Waals surface area contributed by atoms with Crippen molar-refractivity contribution in [1.29, 1.82) is 0 Å². The second kappa shape index (κ2) is 6.10. The van der Waals surface area contributed by atoms with Crippen LogP contribution in [-0.2, 0) is 6.42 Å². The molecule has 3 N–H and O–H groups in total. The van der Waals surface area contributed by atoms with Crippen LogP contribution in [0.3, 0.4) is 0 Å². The molecular formula is C12H18ClNO3. The average molecular weight is 260 g/mol. The monoisotopic (exact) mass is 259 g/mol. The summed E-state index contributed by atoms with van der Waals surface area (Å²) < 4.78 is 10.5. The van der Waals surface area contributed by atoms with Crippen LogP contribution in [-0.4, -0.2) is 25.9 Å². The highest BCUT2D eigenvalue weighted by Crippen LogP contribution is 2.41. The molecule has 17 heavy (non-hydrogen) atoms. The van der Waals surface area contributed by atoms with Crippen molar-refractivity contribution in [2.45, 2.75) is 19.4 Å². The number of halogens is 1. The Balaban J connectivity index is 3.47. The predicted molar refractivity (Wildman–Crippen MR) is 67.9 cm³/mol. The van der Waals surface area contributed by atoms with Gasteiger partial charge in [-0.25, -0.2) is 0 Å². The van der Waals surface area contributed by atoms with E-state index in [0.29, 0.717) is 28.5 Å². The highest BCUT2D eigenvalue weighted by molar-refractivity contribution is 6.32. The van der Waals surface area contributed by atoms with Crippen LogP contribution in [0.2, 0.25) is 5.02 Å². The average Bonchev–Trinajstić information content (AvgIpc) is 2.36. The van der Waals surface area contributed by atoms with E-state index in [1.165, 1.54) is 7.11 Å². The molecule has 0 spiro atoms. The third kappa shape index (κ3) is 2.65. The van der Waals surface area contributed by atoms with Gasteiger partial charge in [0, 0.05) is 12.1 Å². The van der Waals surface area contributed by atoms with E-state index < -0.39 is 6.10 Å². The van der Waals surface area contributed by atoms with Gasteiger partial charge >= 0.3 is 0 Å². The molecule has 1 aromatic rings. The van der Waals surface area contributed by atoms with E-state index in [4.69, 9.17) is 26.8 Å². The van der Waals surface area contributed by atoms with Crippen molar-refractivity contribution in [3.05, 3.63) is 22.2 Å². The van der Waals surface area contributed by atoms with Crippen molar-refractivity contribution in [3.8, 4) is 11.5 Å². The Morgan fingerprint density at radius 2 is 1.94 bits per heavy atom. The molecule has 0 bridgehead atoms. The quantitative estimate of drug-likeness (QED) is 0.848. The molecule has 1 aromatic carbocycles. The summed E-state index contributed by atoms with van der Waals surface area (Å²) in [5.74, 6) is 1.05. The molecule has 0 aliphatic heterocycles. The summed E-state index contributed by atoms with van der Waals surface area (Å²) in [5, 5.41) is 10.3. The molecule has 1 rings (SSSR count). The summed E-state index contributed by atoms with van der Waals surface area (Å²) in [4.78, 5) is 0. The molecule has 0 radical (unpaired) electrons. The third-order valence-corrected chi connectivity index (χ3v) is 2.95. The van der Waals surface area contributed by atoms with Gasteiger partial charge in [-0.05, 0) is 18.1 Å². The Bertz CT molecular complexity index is 396. The lowest BCUT2D eigenvalue weighted by Gasteiger charge is -2.19. The number of aliphatic hydroxyl groups excluding tert-OH is 1. The van der Waals surface area contributed by atoms with Crippen LogP contribution >= 0.6 is 11.6 Å². The lowest BCUT2D eigenvalue weighted by atomic mass is 9.98. The van der Waals surface area contributed by atoms with Gasteiger partial charge in [-0.15, -0.1) is 0 Å². The maximum absolute atomic E-state index is 9.87. The fraction of sp³-hybridized carbons (Fsp3) is 0.500. The van der Waals surface area contributed by atoms with Gasteiger partial charge in [0.05, 0.1) is 25.3 Å². The van der Waals surface area contributed by atoms with Crippen LogP contribution in [0, 0.1) is 0 Å².